The molecular weight excluding hydrogens is 232 g/mol. The molecule has 3 rings (SSSR count). The number of nitrogens with zero attached hydrogens (tertiary/aromatic N) is 1. The lowest BCUT2D eigenvalue weighted by atomic mass is 10.2. The lowest BCUT2D eigenvalue weighted by Gasteiger charge is -2.10. The summed E-state index contributed by atoms with van der Waals surface area (Å²) in [6.45, 7) is 1.10. The van der Waals surface area contributed by atoms with Crippen molar-refractivity contribution in [3.8, 4) is 0 Å². The van der Waals surface area contributed by atoms with Gasteiger partial charge in [0, 0.05) is 12.0 Å². The summed E-state index contributed by atoms with van der Waals surface area (Å²) < 4.78 is 10.6. The first-order valence-corrected chi connectivity index (χ1v) is 6.05. The van der Waals surface area contributed by atoms with Crippen LogP contribution in [0.15, 0.2) is 24.4 Å². The van der Waals surface area contributed by atoms with Gasteiger partial charge in [0.25, 0.3) is 0 Å². The maximum absolute atomic E-state index is 11.9. The number of esters is 1. The van der Waals surface area contributed by atoms with Crippen LogP contribution < -0.4 is 0 Å². The van der Waals surface area contributed by atoms with Crippen molar-refractivity contribution >= 4 is 16.9 Å². The number of fused-ring (bicyclic) bond motifs is 1. The van der Waals surface area contributed by atoms with E-state index in [-0.39, 0.29) is 12.1 Å². The Bertz CT molecular complexity index is 558. The van der Waals surface area contributed by atoms with Crippen molar-refractivity contribution in [2.24, 2.45) is 0 Å². The predicted molar refractivity (Wildman–Crippen MR) is 65.4 cm³/mol. The van der Waals surface area contributed by atoms with E-state index in [2.05, 4.69) is 10.2 Å². The summed E-state index contributed by atoms with van der Waals surface area (Å²) in [6.07, 6.45) is 3.79. The molecule has 0 saturated carbocycles. The van der Waals surface area contributed by atoms with E-state index < -0.39 is 0 Å². The second-order valence-corrected chi connectivity index (χ2v) is 4.41. The van der Waals surface area contributed by atoms with E-state index in [1.165, 1.54) is 0 Å². The van der Waals surface area contributed by atoms with Crippen LogP contribution in [0.4, 0.5) is 0 Å². The van der Waals surface area contributed by atoms with Gasteiger partial charge in [0.2, 0.25) is 0 Å². The van der Waals surface area contributed by atoms with Crippen LogP contribution in [0.25, 0.3) is 10.9 Å². The Balaban J connectivity index is 1.67. The summed E-state index contributed by atoms with van der Waals surface area (Å²) in [6, 6.07) is 5.34. The second-order valence-electron chi connectivity index (χ2n) is 4.41. The number of aromatic nitrogens is 2. The fraction of sp³-hybridized carbons (Fsp3) is 0.385. The average molecular weight is 246 g/mol. The highest BCUT2D eigenvalue weighted by Crippen LogP contribution is 2.15. The molecular formula is C13H14N2O3. The zero-order chi connectivity index (χ0) is 12.4. The Morgan fingerprint density at radius 3 is 3.33 bits per heavy atom. The second kappa shape index (κ2) is 4.78. The molecule has 0 aliphatic carbocycles. The fourth-order valence-corrected chi connectivity index (χ4v) is 2.09. The standard InChI is InChI=1S/C13H14N2O3/c16-13(18-8-11-2-1-5-17-11)9-3-4-10-7-14-15-12(10)6-9/h3-4,6-7,11H,1-2,5,8H2,(H,14,15)/t11-/m1/s1. The van der Waals surface area contributed by atoms with Crippen LogP contribution in [0, 0.1) is 0 Å². The van der Waals surface area contributed by atoms with Crippen LogP contribution >= 0.6 is 0 Å². The van der Waals surface area contributed by atoms with Gasteiger partial charge in [-0.2, -0.15) is 5.10 Å². The number of nitrogens with one attached hydrogen (secondary N) is 1. The Hall–Kier alpha value is -1.88. The minimum absolute atomic E-state index is 0.0600. The molecule has 1 aromatic carbocycles. The molecule has 0 unspecified atom stereocenters. The Morgan fingerprint density at radius 1 is 1.56 bits per heavy atom. The molecule has 0 spiro atoms. The molecule has 5 heteroatoms. The van der Waals surface area contributed by atoms with E-state index in [0.29, 0.717) is 12.2 Å². The maximum Gasteiger partial charge on any atom is 0.338 e. The average Bonchev–Trinajstić information content (AvgIpc) is 3.05. The van der Waals surface area contributed by atoms with Crippen molar-refractivity contribution in [1.29, 1.82) is 0 Å². The smallest absolute Gasteiger partial charge is 0.338 e. The third-order valence-corrected chi connectivity index (χ3v) is 3.10. The molecule has 0 bridgehead atoms. The predicted octanol–water partition coefficient (Wildman–Crippen LogP) is 1.90. The Morgan fingerprint density at radius 2 is 2.50 bits per heavy atom. The molecule has 1 N–H and O–H groups in total. The molecule has 94 valence electrons. The molecule has 1 aromatic heterocycles. The quantitative estimate of drug-likeness (QED) is 0.840. The van der Waals surface area contributed by atoms with Crippen molar-refractivity contribution < 1.29 is 14.3 Å². The molecule has 1 atom stereocenters. The van der Waals surface area contributed by atoms with E-state index in [0.717, 1.165) is 30.4 Å². The third-order valence-electron chi connectivity index (χ3n) is 3.10. The number of carbonyl (C=O) groups is 1. The van der Waals surface area contributed by atoms with Gasteiger partial charge in [-0.25, -0.2) is 4.79 Å². The maximum atomic E-state index is 11.9. The van der Waals surface area contributed by atoms with Crippen molar-refractivity contribution in [2.75, 3.05) is 13.2 Å². The molecule has 2 aromatic rings. The Labute approximate surface area is 104 Å². The molecule has 5 nitrogen and oxygen atoms in total. The van der Waals surface area contributed by atoms with Crippen LogP contribution in [0.3, 0.4) is 0 Å². The third kappa shape index (κ3) is 2.22. The van der Waals surface area contributed by atoms with E-state index in [1.54, 1.807) is 18.3 Å². The molecule has 18 heavy (non-hydrogen) atoms. The van der Waals surface area contributed by atoms with Gasteiger partial charge in [-0.3, -0.25) is 5.10 Å². The van der Waals surface area contributed by atoms with Gasteiger partial charge in [0.15, 0.2) is 0 Å². The molecule has 1 fully saturated rings. The zero-order valence-electron chi connectivity index (χ0n) is 9.89. The van der Waals surface area contributed by atoms with Crippen LogP contribution in [0.5, 0.6) is 0 Å². The van der Waals surface area contributed by atoms with Gasteiger partial charge in [-0.1, -0.05) is 6.07 Å². The molecule has 1 aliphatic heterocycles. The summed E-state index contributed by atoms with van der Waals surface area (Å²) in [5, 5.41) is 7.72. The number of benzene rings is 1. The normalized spacial score (nSPS) is 19.2. The van der Waals surface area contributed by atoms with Crippen LogP contribution in [-0.2, 0) is 9.47 Å². The molecule has 1 aliphatic rings. The van der Waals surface area contributed by atoms with E-state index in [9.17, 15) is 4.79 Å². The largest absolute Gasteiger partial charge is 0.459 e. The van der Waals surface area contributed by atoms with Crippen LogP contribution in [0.1, 0.15) is 23.2 Å². The number of ether oxygens (including phenoxy) is 2. The minimum Gasteiger partial charge on any atom is -0.459 e. The first-order chi connectivity index (χ1) is 8.83. The molecule has 2 heterocycles. The summed E-state index contributed by atoms with van der Waals surface area (Å²) in [4.78, 5) is 11.9. The minimum atomic E-state index is -0.318. The highest BCUT2D eigenvalue weighted by Gasteiger charge is 2.18. The van der Waals surface area contributed by atoms with Gasteiger partial charge in [-0.05, 0) is 25.0 Å². The first kappa shape index (κ1) is 11.2. The van der Waals surface area contributed by atoms with E-state index in [4.69, 9.17) is 9.47 Å². The number of rotatable bonds is 3. The molecule has 1 saturated heterocycles. The fourth-order valence-electron chi connectivity index (χ4n) is 2.09. The van der Waals surface area contributed by atoms with Crippen molar-refractivity contribution in [2.45, 2.75) is 18.9 Å². The summed E-state index contributed by atoms with van der Waals surface area (Å²) >= 11 is 0. The zero-order valence-corrected chi connectivity index (χ0v) is 9.89. The summed E-state index contributed by atoms with van der Waals surface area (Å²) in [5.74, 6) is -0.318. The van der Waals surface area contributed by atoms with Gasteiger partial charge in [0.05, 0.1) is 23.4 Å². The number of carbonyl (C=O) groups excluding carboxylic acids is 1. The van der Waals surface area contributed by atoms with Crippen LogP contribution in [-0.4, -0.2) is 35.5 Å². The van der Waals surface area contributed by atoms with Crippen LogP contribution in [0.2, 0.25) is 0 Å². The lowest BCUT2D eigenvalue weighted by molar-refractivity contribution is 0.0161. The van der Waals surface area contributed by atoms with Crippen molar-refractivity contribution in [3.05, 3.63) is 30.0 Å². The number of hydrogen-bond acceptors (Lipinski definition) is 4. The van der Waals surface area contributed by atoms with Crippen molar-refractivity contribution in [3.63, 3.8) is 0 Å². The van der Waals surface area contributed by atoms with Gasteiger partial charge in [0.1, 0.15) is 6.61 Å². The SMILES string of the molecule is O=C(OC[C@H]1CCCO1)c1ccc2cn[nH]c2c1. The number of H-pyrrole nitrogens is 1. The number of aromatic amines is 1. The summed E-state index contributed by atoms with van der Waals surface area (Å²) in [5.41, 5.74) is 1.37. The number of hydrogen-bond donors (Lipinski definition) is 1. The topological polar surface area (TPSA) is 64.2 Å². The Kier molecular flexibility index (Phi) is 2.98. The first-order valence-electron chi connectivity index (χ1n) is 6.05. The molecule has 0 radical (unpaired) electrons. The highest BCUT2D eigenvalue weighted by atomic mass is 16.6. The monoisotopic (exact) mass is 246 g/mol. The van der Waals surface area contributed by atoms with Gasteiger partial charge < -0.3 is 9.47 Å². The van der Waals surface area contributed by atoms with E-state index in [1.807, 2.05) is 6.07 Å². The van der Waals surface area contributed by atoms with Gasteiger partial charge >= 0.3 is 5.97 Å². The van der Waals surface area contributed by atoms with Gasteiger partial charge in [-0.15, -0.1) is 0 Å². The molecule has 0 amide bonds. The summed E-state index contributed by atoms with van der Waals surface area (Å²) in [7, 11) is 0. The van der Waals surface area contributed by atoms with E-state index >= 15 is 0 Å². The highest BCUT2D eigenvalue weighted by molar-refractivity contribution is 5.94. The van der Waals surface area contributed by atoms with Crippen molar-refractivity contribution in [1.82, 2.24) is 10.2 Å². The lowest BCUT2D eigenvalue weighted by Crippen LogP contribution is -2.17.